The zero-order valence-electron chi connectivity index (χ0n) is 17.7. The molecule has 1 atom stereocenters. The second-order valence-electron chi connectivity index (χ2n) is 8.30. The van der Waals surface area contributed by atoms with Crippen LogP contribution in [0.2, 0.25) is 0 Å². The number of nitrogens with zero attached hydrogens (tertiary/aromatic N) is 4. The number of benzene rings is 1. The monoisotopic (exact) mass is 416 g/mol. The van der Waals surface area contributed by atoms with Crippen LogP contribution in [-0.2, 0) is 6.54 Å². The highest BCUT2D eigenvalue weighted by molar-refractivity contribution is 5.84. The molecule has 1 saturated heterocycles. The molecule has 0 aliphatic carbocycles. The molecule has 0 radical (unpaired) electrons. The van der Waals surface area contributed by atoms with E-state index in [0.29, 0.717) is 0 Å². The molecule has 158 valence electrons. The van der Waals surface area contributed by atoms with Crippen LogP contribution in [0.3, 0.4) is 0 Å². The van der Waals surface area contributed by atoms with Gasteiger partial charge in [-0.1, -0.05) is 0 Å². The molecule has 3 aromatic heterocycles. The van der Waals surface area contributed by atoms with Crippen LogP contribution in [-0.4, -0.2) is 31.4 Å². The van der Waals surface area contributed by atoms with Crippen molar-refractivity contribution >= 4 is 16.9 Å². The molecule has 6 nitrogen and oxygen atoms in total. The average Bonchev–Trinajstić information content (AvgIpc) is 3.33. The molecule has 1 aromatic carbocycles. The Bertz CT molecular complexity index is 1250. The predicted molar refractivity (Wildman–Crippen MR) is 120 cm³/mol. The number of hydrogen-bond donors (Lipinski definition) is 2. The van der Waals surface area contributed by atoms with Gasteiger partial charge in [-0.15, -0.1) is 0 Å². The minimum atomic E-state index is -0.207. The number of rotatable bonds is 4. The molecule has 0 unspecified atom stereocenters. The number of anilines is 1. The molecule has 5 rings (SSSR count). The fourth-order valence-corrected chi connectivity index (χ4v) is 4.63. The van der Waals surface area contributed by atoms with Gasteiger partial charge < -0.3 is 10.7 Å². The van der Waals surface area contributed by atoms with Gasteiger partial charge in [0.15, 0.2) is 0 Å². The average molecular weight is 417 g/mol. The van der Waals surface area contributed by atoms with Crippen molar-refractivity contribution in [2.45, 2.75) is 39.3 Å². The third kappa shape index (κ3) is 3.77. The Kier molecular flexibility index (Phi) is 4.90. The lowest BCUT2D eigenvalue weighted by atomic mass is 10.0. The lowest BCUT2D eigenvalue weighted by Gasteiger charge is -2.25. The number of nitrogen functional groups attached to an aromatic ring is 1. The molecule has 3 N–H and O–H groups in total. The van der Waals surface area contributed by atoms with Gasteiger partial charge in [0.1, 0.15) is 5.82 Å². The highest BCUT2D eigenvalue weighted by Gasteiger charge is 2.29. The summed E-state index contributed by atoms with van der Waals surface area (Å²) in [6, 6.07) is 9.33. The number of pyridine rings is 1. The van der Waals surface area contributed by atoms with Crippen LogP contribution in [0.1, 0.15) is 41.5 Å². The Morgan fingerprint density at radius 2 is 1.94 bits per heavy atom. The van der Waals surface area contributed by atoms with Gasteiger partial charge in [-0.25, -0.2) is 14.4 Å². The van der Waals surface area contributed by atoms with Crippen LogP contribution in [0, 0.1) is 19.7 Å². The second kappa shape index (κ2) is 7.74. The molecule has 31 heavy (non-hydrogen) atoms. The van der Waals surface area contributed by atoms with Gasteiger partial charge in [0.2, 0.25) is 5.95 Å². The highest BCUT2D eigenvalue weighted by Crippen LogP contribution is 2.36. The van der Waals surface area contributed by atoms with E-state index in [-0.39, 0.29) is 17.8 Å². The van der Waals surface area contributed by atoms with Crippen molar-refractivity contribution in [3.05, 3.63) is 71.2 Å². The Hall–Kier alpha value is -3.32. The fraction of sp³-hybridized carbons (Fsp3) is 0.292. The third-order valence-corrected chi connectivity index (χ3v) is 6.13. The van der Waals surface area contributed by atoms with Crippen molar-refractivity contribution in [2.75, 3.05) is 12.3 Å². The summed E-state index contributed by atoms with van der Waals surface area (Å²) in [4.78, 5) is 19.0. The topological polar surface area (TPSA) is 83.7 Å². The van der Waals surface area contributed by atoms with Crippen LogP contribution in [0.5, 0.6) is 0 Å². The Morgan fingerprint density at radius 3 is 2.74 bits per heavy atom. The lowest BCUT2D eigenvalue weighted by Crippen LogP contribution is -2.24. The van der Waals surface area contributed by atoms with Crippen LogP contribution in [0.25, 0.3) is 22.0 Å². The molecule has 4 aromatic rings. The number of fused-ring (bicyclic) bond motifs is 1. The smallest absolute Gasteiger partial charge is 0.219 e. The number of nitrogens with one attached hydrogen (secondary N) is 1. The Morgan fingerprint density at radius 1 is 1.13 bits per heavy atom. The third-order valence-electron chi connectivity index (χ3n) is 6.13. The van der Waals surface area contributed by atoms with E-state index < -0.39 is 0 Å². The normalized spacial score (nSPS) is 16.9. The first-order chi connectivity index (χ1) is 15.0. The second-order valence-corrected chi connectivity index (χ2v) is 8.30. The molecule has 0 bridgehead atoms. The zero-order valence-corrected chi connectivity index (χ0v) is 17.7. The van der Waals surface area contributed by atoms with E-state index in [9.17, 15) is 4.39 Å². The van der Waals surface area contributed by atoms with E-state index in [1.807, 2.05) is 19.1 Å². The standard InChI is InChI=1S/C24H25FN6/c1-14-8-16(17-11-27-24(26)28-12-17)9-22(29-14)23-4-3-7-31(23)13-20-15(2)30-21-6-5-18(25)10-19(20)21/h5-6,8-12,23,30H,3-4,7,13H2,1-2H3,(H2,26,27,28)/t23-/m0/s1. The van der Waals surface area contributed by atoms with Crippen molar-refractivity contribution in [2.24, 2.45) is 0 Å². The molecule has 0 saturated carbocycles. The van der Waals surface area contributed by atoms with Gasteiger partial charge in [0.05, 0.1) is 11.7 Å². The lowest BCUT2D eigenvalue weighted by molar-refractivity contribution is 0.244. The van der Waals surface area contributed by atoms with Crippen molar-refractivity contribution in [3.8, 4) is 11.1 Å². The number of likely N-dealkylation sites (tertiary alicyclic amines) is 1. The van der Waals surface area contributed by atoms with Crippen molar-refractivity contribution in [3.63, 3.8) is 0 Å². The molecule has 0 spiro atoms. The van der Waals surface area contributed by atoms with Gasteiger partial charge in [-0.05, 0) is 74.7 Å². The SMILES string of the molecule is Cc1cc(-c2cnc(N)nc2)cc([C@@H]2CCCN2Cc2c(C)[nH]c3ccc(F)cc23)n1. The number of H-pyrrole nitrogens is 1. The quantitative estimate of drug-likeness (QED) is 0.504. The number of nitrogens with two attached hydrogens (primary N) is 1. The zero-order chi connectivity index (χ0) is 21.5. The van der Waals surface area contributed by atoms with Gasteiger partial charge in [0, 0.05) is 46.8 Å². The summed E-state index contributed by atoms with van der Waals surface area (Å²) < 4.78 is 13.9. The maximum atomic E-state index is 13.9. The largest absolute Gasteiger partial charge is 0.368 e. The number of halogens is 1. The van der Waals surface area contributed by atoms with E-state index in [1.54, 1.807) is 18.5 Å². The molecule has 1 aliphatic rings. The molecule has 1 fully saturated rings. The Labute approximate surface area is 180 Å². The maximum absolute atomic E-state index is 13.9. The summed E-state index contributed by atoms with van der Waals surface area (Å²) in [6.07, 6.45) is 5.65. The first kappa shape index (κ1) is 19.6. The van der Waals surface area contributed by atoms with E-state index in [4.69, 9.17) is 10.7 Å². The van der Waals surface area contributed by atoms with Gasteiger partial charge in [-0.3, -0.25) is 9.88 Å². The molecule has 4 heterocycles. The van der Waals surface area contributed by atoms with E-state index in [0.717, 1.165) is 70.6 Å². The van der Waals surface area contributed by atoms with Gasteiger partial charge >= 0.3 is 0 Å². The van der Waals surface area contributed by atoms with E-state index in [2.05, 4.69) is 32.8 Å². The Balaban J connectivity index is 1.48. The summed E-state index contributed by atoms with van der Waals surface area (Å²) in [5, 5.41) is 0.958. The first-order valence-electron chi connectivity index (χ1n) is 10.5. The molecular weight excluding hydrogens is 391 g/mol. The van der Waals surface area contributed by atoms with Gasteiger partial charge in [0.25, 0.3) is 0 Å². The molecule has 0 amide bonds. The maximum Gasteiger partial charge on any atom is 0.219 e. The minimum Gasteiger partial charge on any atom is -0.368 e. The summed E-state index contributed by atoms with van der Waals surface area (Å²) in [6.45, 7) is 5.82. The minimum absolute atomic E-state index is 0.207. The molecule has 1 aliphatic heterocycles. The molecule has 7 heteroatoms. The van der Waals surface area contributed by atoms with E-state index >= 15 is 0 Å². The van der Waals surface area contributed by atoms with Crippen LogP contribution in [0.15, 0.2) is 42.7 Å². The summed E-state index contributed by atoms with van der Waals surface area (Å²) in [7, 11) is 0. The number of aromatic amines is 1. The van der Waals surface area contributed by atoms with Crippen LogP contribution < -0.4 is 5.73 Å². The van der Waals surface area contributed by atoms with E-state index in [1.165, 1.54) is 6.07 Å². The van der Waals surface area contributed by atoms with Crippen molar-refractivity contribution in [1.29, 1.82) is 0 Å². The van der Waals surface area contributed by atoms with Crippen LogP contribution in [0.4, 0.5) is 10.3 Å². The van der Waals surface area contributed by atoms with Gasteiger partial charge in [-0.2, -0.15) is 0 Å². The summed E-state index contributed by atoms with van der Waals surface area (Å²) >= 11 is 0. The van der Waals surface area contributed by atoms with Crippen molar-refractivity contribution in [1.82, 2.24) is 24.8 Å². The summed E-state index contributed by atoms with van der Waals surface area (Å²) in [5.41, 5.74) is 12.8. The number of hydrogen-bond acceptors (Lipinski definition) is 5. The highest BCUT2D eigenvalue weighted by atomic mass is 19.1. The predicted octanol–water partition coefficient (Wildman–Crippen LogP) is 4.70. The number of aryl methyl sites for hydroxylation is 2. The van der Waals surface area contributed by atoms with Crippen molar-refractivity contribution < 1.29 is 4.39 Å². The van der Waals surface area contributed by atoms with Crippen LogP contribution >= 0.6 is 0 Å². The molecular formula is C24H25FN6. The number of aromatic nitrogens is 4. The first-order valence-corrected chi connectivity index (χ1v) is 10.5. The summed E-state index contributed by atoms with van der Waals surface area (Å²) in [5.74, 6) is 0.0590. The fourth-order valence-electron chi connectivity index (χ4n) is 4.63.